The highest BCUT2D eigenvalue weighted by Crippen LogP contribution is 1.81. The van der Waals surface area contributed by atoms with Crippen molar-refractivity contribution in [1.82, 2.24) is 0 Å². The highest BCUT2D eigenvalue weighted by atomic mass is 32.2. The zero-order valence-electron chi connectivity index (χ0n) is 7.52. The first-order chi connectivity index (χ1) is 5.70. The summed E-state index contributed by atoms with van der Waals surface area (Å²) >= 11 is 0. The third-order valence-electron chi connectivity index (χ3n) is 0.729. The van der Waals surface area contributed by atoms with Crippen molar-refractivity contribution in [3.05, 3.63) is 23.6 Å². The molecule has 0 heterocycles. The van der Waals surface area contributed by atoms with Crippen LogP contribution in [0.1, 0.15) is 13.8 Å². The smallest absolute Gasteiger partial charge is 0.287 e. The first-order valence-corrected chi connectivity index (χ1v) is 4.76. The van der Waals surface area contributed by atoms with Crippen LogP contribution in [0.15, 0.2) is 23.6 Å². The van der Waals surface area contributed by atoms with Gasteiger partial charge in [0.05, 0.1) is 5.41 Å². The lowest BCUT2D eigenvalue weighted by Gasteiger charge is -1.81. The van der Waals surface area contributed by atoms with E-state index in [2.05, 4.69) is 6.58 Å². The minimum atomic E-state index is -3.85. The summed E-state index contributed by atoms with van der Waals surface area (Å²) in [7, 11) is -3.85. The summed E-state index contributed by atoms with van der Waals surface area (Å²) in [5.41, 5.74) is 5.09. The summed E-state index contributed by atoms with van der Waals surface area (Å²) < 4.78 is 27.3. The maximum Gasteiger partial charge on any atom is 0.287 e. The normalized spacial score (nSPS) is 10.4. The summed E-state index contributed by atoms with van der Waals surface area (Å²) in [5.74, 6) is -0.435. The summed E-state index contributed by atoms with van der Waals surface area (Å²) in [6, 6.07) is 0. The molecule has 0 rings (SSSR count). The van der Waals surface area contributed by atoms with Crippen molar-refractivity contribution in [3.8, 4) is 0 Å². The first kappa shape index (κ1) is 14.4. The Bertz CT molecular complexity index is 290. The number of hydrogen-bond donors (Lipinski definition) is 2. The highest BCUT2D eigenvalue weighted by Gasteiger charge is 1.90. The van der Waals surface area contributed by atoms with Crippen LogP contribution in [0.3, 0.4) is 0 Å². The van der Waals surface area contributed by atoms with E-state index in [0.717, 1.165) is 0 Å². The average Bonchev–Trinajstić information content (AvgIpc) is 1.85. The van der Waals surface area contributed by atoms with E-state index in [4.69, 9.17) is 10.3 Å². The second kappa shape index (κ2) is 6.38. The topological polar surface area (TPSA) is 97.5 Å². The fraction of sp³-hybridized carbons (Fsp3) is 0.286. The molecule has 5 nitrogen and oxygen atoms in total. The number of carbonyl (C=O) groups excluding carboxylic acids is 1. The molecular formula is C7H13NO4S. The number of amides is 1. The Hall–Kier alpha value is -1.14. The van der Waals surface area contributed by atoms with Crippen LogP contribution in [0, 0.1) is 0 Å². The van der Waals surface area contributed by atoms with Gasteiger partial charge in [-0.1, -0.05) is 12.7 Å². The number of nitrogens with two attached hydrogens (primary N) is 1. The number of allylic oxidation sites excluding steroid dienone is 1. The van der Waals surface area contributed by atoms with Gasteiger partial charge in [-0.2, -0.15) is 8.42 Å². The Morgan fingerprint density at radius 3 is 1.85 bits per heavy atom. The molecule has 0 aliphatic heterocycles. The van der Waals surface area contributed by atoms with Gasteiger partial charge >= 0.3 is 0 Å². The van der Waals surface area contributed by atoms with Gasteiger partial charge in [0.15, 0.2) is 0 Å². The fourth-order valence-electron chi connectivity index (χ4n) is 0.172. The third kappa shape index (κ3) is 18.1. The second-order valence-electron chi connectivity index (χ2n) is 2.13. The number of rotatable bonds is 2. The van der Waals surface area contributed by atoms with Crippen LogP contribution in [-0.2, 0) is 14.9 Å². The Morgan fingerprint density at radius 1 is 1.54 bits per heavy atom. The van der Waals surface area contributed by atoms with E-state index in [1.807, 2.05) is 0 Å². The molecular weight excluding hydrogens is 194 g/mol. The van der Waals surface area contributed by atoms with Crippen LogP contribution in [-0.4, -0.2) is 18.9 Å². The zero-order valence-corrected chi connectivity index (χ0v) is 8.34. The summed E-state index contributed by atoms with van der Waals surface area (Å²) in [6.45, 7) is 6.36. The first-order valence-electron chi connectivity index (χ1n) is 3.26. The Balaban J connectivity index is 0. The van der Waals surface area contributed by atoms with Gasteiger partial charge in [0.1, 0.15) is 0 Å². The van der Waals surface area contributed by atoms with Crippen LogP contribution in [0.25, 0.3) is 0 Å². The van der Waals surface area contributed by atoms with E-state index in [9.17, 15) is 13.2 Å². The van der Waals surface area contributed by atoms with E-state index >= 15 is 0 Å². The number of primary amides is 1. The largest absolute Gasteiger partial charge is 0.366 e. The molecule has 0 aromatic rings. The predicted molar refractivity (Wildman–Crippen MR) is 50.4 cm³/mol. The molecule has 0 fully saturated rings. The third-order valence-corrected chi connectivity index (χ3v) is 1.34. The van der Waals surface area contributed by atoms with Gasteiger partial charge in [-0.25, -0.2) is 0 Å². The van der Waals surface area contributed by atoms with E-state index in [0.29, 0.717) is 11.0 Å². The standard InChI is InChI=1S/C4H7NO.C3H6O3S/c1-3(2)4(5)6;1-2-3-7(4,5)6/h1H2,2H3,(H2,5,6);2-3H,1H3,(H,4,5,6). The van der Waals surface area contributed by atoms with Crippen molar-refractivity contribution in [3.63, 3.8) is 0 Å². The molecule has 6 heteroatoms. The molecule has 0 unspecified atom stereocenters. The van der Waals surface area contributed by atoms with E-state index in [1.165, 1.54) is 13.0 Å². The van der Waals surface area contributed by atoms with Crippen molar-refractivity contribution in [2.75, 3.05) is 0 Å². The molecule has 0 saturated heterocycles. The lowest BCUT2D eigenvalue weighted by molar-refractivity contribution is -0.114. The lowest BCUT2D eigenvalue weighted by Crippen LogP contribution is -2.10. The number of carbonyl (C=O) groups is 1. The van der Waals surface area contributed by atoms with Crippen LogP contribution in [0.2, 0.25) is 0 Å². The monoisotopic (exact) mass is 207 g/mol. The molecule has 0 spiro atoms. The minimum absolute atomic E-state index is 0.398. The van der Waals surface area contributed by atoms with Crippen LogP contribution < -0.4 is 5.73 Å². The quantitative estimate of drug-likeness (QED) is 0.507. The molecule has 0 aliphatic carbocycles. The van der Waals surface area contributed by atoms with Crippen LogP contribution >= 0.6 is 0 Å². The van der Waals surface area contributed by atoms with Gasteiger partial charge in [0, 0.05) is 5.57 Å². The molecule has 0 aromatic carbocycles. The molecule has 0 radical (unpaired) electrons. The van der Waals surface area contributed by atoms with Gasteiger partial charge in [-0.3, -0.25) is 9.35 Å². The van der Waals surface area contributed by atoms with Gasteiger partial charge in [-0.15, -0.1) is 0 Å². The van der Waals surface area contributed by atoms with Crippen molar-refractivity contribution in [2.45, 2.75) is 13.8 Å². The molecule has 0 saturated carbocycles. The van der Waals surface area contributed by atoms with Crippen LogP contribution in [0.5, 0.6) is 0 Å². The Morgan fingerprint density at radius 2 is 1.85 bits per heavy atom. The van der Waals surface area contributed by atoms with Crippen molar-refractivity contribution >= 4 is 16.0 Å². The molecule has 1 amide bonds. The summed E-state index contributed by atoms with van der Waals surface area (Å²) in [5, 5.41) is 0.715. The molecule has 13 heavy (non-hydrogen) atoms. The van der Waals surface area contributed by atoms with Gasteiger partial charge < -0.3 is 5.73 Å². The highest BCUT2D eigenvalue weighted by molar-refractivity contribution is 7.88. The second-order valence-corrected chi connectivity index (χ2v) is 3.43. The SMILES string of the molecule is C=C(C)C(N)=O.CC=CS(=O)(=O)O. The summed E-state index contributed by atoms with van der Waals surface area (Å²) in [6.07, 6.45) is 1.25. The molecule has 0 aromatic heterocycles. The van der Waals surface area contributed by atoms with Crippen LogP contribution in [0.4, 0.5) is 0 Å². The lowest BCUT2D eigenvalue weighted by atomic mass is 10.3. The molecule has 0 bridgehead atoms. The molecule has 3 N–H and O–H groups in total. The van der Waals surface area contributed by atoms with Gasteiger partial charge in [0.25, 0.3) is 10.1 Å². The Labute approximate surface area is 77.7 Å². The van der Waals surface area contributed by atoms with Gasteiger partial charge in [-0.05, 0) is 13.8 Å². The summed E-state index contributed by atoms with van der Waals surface area (Å²) in [4.78, 5) is 9.82. The maximum absolute atomic E-state index is 9.82. The maximum atomic E-state index is 9.82. The average molecular weight is 207 g/mol. The van der Waals surface area contributed by atoms with E-state index < -0.39 is 16.0 Å². The molecule has 76 valence electrons. The predicted octanol–water partition coefficient (Wildman–Crippen LogP) is 0.456. The van der Waals surface area contributed by atoms with E-state index in [-0.39, 0.29) is 0 Å². The van der Waals surface area contributed by atoms with Gasteiger partial charge in [0.2, 0.25) is 5.91 Å². The Kier molecular flexibility index (Phi) is 7.07. The fourth-order valence-corrected chi connectivity index (χ4v) is 0.516. The zero-order chi connectivity index (χ0) is 11.1. The molecule has 0 atom stereocenters. The minimum Gasteiger partial charge on any atom is -0.366 e. The van der Waals surface area contributed by atoms with Crippen molar-refractivity contribution < 1.29 is 17.8 Å². The number of hydrogen-bond acceptors (Lipinski definition) is 3. The van der Waals surface area contributed by atoms with E-state index in [1.54, 1.807) is 6.92 Å². The molecule has 0 aliphatic rings. The van der Waals surface area contributed by atoms with Crippen molar-refractivity contribution in [1.29, 1.82) is 0 Å². The van der Waals surface area contributed by atoms with Crippen molar-refractivity contribution in [2.24, 2.45) is 5.73 Å².